The first-order chi connectivity index (χ1) is 9.24. The van der Waals surface area contributed by atoms with E-state index in [9.17, 15) is 0 Å². The van der Waals surface area contributed by atoms with Gasteiger partial charge in [-0.05, 0) is 75.2 Å². The van der Waals surface area contributed by atoms with Gasteiger partial charge in [-0.25, -0.2) is 0 Å². The Morgan fingerprint density at radius 3 is 2.68 bits per heavy atom. The highest BCUT2D eigenvalue weighted by Gasteiger charge is 2.17. The number of rotatable bonds is 6. The second-order valence-electron chi connectivity index (χ2n) is 5.83. The lowest BCUT2D eigenvalue weighted by Gasteiger charge is -2.26. The fraction of sp³-hybridized carbons (Fsp3) is 0.625. The zero-order chi connectivity index (χ0) is 13.5. The summed E-state index contributed by atoms with van der Waals surface area (Å²) in [6.07, 6.45) is 7.28. The van der Waals surface area contributed by atoms with Crippen LogP contribution in [0.5, 0.6) is 0 Å². The van der Waals surface area contributed by atoms with E-state index in [0.717, 1.165) is 31.1 Å². The molecule has 1 saturated carbocycles. The summed E-state index contributed by atoms with van der Waals surface area (Å²) < 4.78 is 0. The molecule has 0 heterocycles. The Morgan fingerprint density at radius 1 is 1.16 bits per heavy atom. The highest BCUT2D eigenvalue weighted by molar-refractivity contribution is 5.40. The van der Waals surface area contributed by atoms with Gasteiger partial charge in [-0.3, -0.25) is 0 Å². The zero-order valence-corrected chi connectivity index (χ0v) is 11.8. The molecule has 19 heavy (non-hydrogen) atoms. The van der Waals surface area contributed by atoms with E-state index in [4.69, 9.17) is 11.5 Å². The van der Waals surface area contributed by atoms with E-state index >= 15 is 0 Å². The molecule has 5 N–H and O–H groups in total. The summed E-state index contributed by atoms with van der Waals surface area (Å²) in [6.45, 7) is 2.25. The van der Waals surface area contributed by atoms with Gasteiger partial charge < -0.3 is 16.8 Å². The molecule has 1 fully saturated rings. The minimum Gasteiger partial charge on any atom is -0.399 e. The molecule has 0 atom stereocenters. The van der Waals surface area contributed by atoms with Crippen LogP contribution >= 0.6 is 0 Å². The van der Waals surface area contributed by atoms with Gasteiger partial charge in [0.1, 0.15) is 0 Å². The molecule has 1 aromatic rings. The zero-order valence-electron chi connectivity index (χ0n) is 11.8. The van der Waals surface area contributed by atoms with Crippen molar-refractivity contribution in [1.29, 1.82) is 0 Å². The fourth-order valence-electron chi connectivity index (χ4n) is 2.86. The van der Waals surface area contributed by atoms with Gasteiger partial charge in [0, 0.05) is 11.7 Å². The van der Waals surface area contributed by atoms with Crippen molar-refractivity contribution in [1.82, 2.24) is 5.32 Å². The summed E-state index contributed by atoms with van der Waals surface area (Å²) in [5.41, 5.74) is 13.9. The Bertz CT molecular complexity index is 370. The van der Waals surface area contributed by atoms with Gasteiger partial charge in [0.05, 0.1) is 0 Å². The maximum atomic E-state index is 5.92. The van der Waals surface area contributed by atoms with Gasteiger partial charge in [-0.1, -0.05) is 12.1 Å². The van der Waals surface area contributed by atoms with E-state index < -0.39 is 0 Å². The van der Waals surface area contributed by atoms with Gasteiger partial charge in [0.2, 0.25) is 0 Å². The number of nitrogen functional groups attached to an aromatic ring is 1. The van der Waals surface area contributed by atoms with E-state index in [0.29, 0.717) is 6.04 Å². The predicted octanol–water partition coefficient (Wildman–Crippen LogP) is 2.31. The van der Waals surface area contributed by atoms with Crippen LogP contribution in [0.2, 0.25) is 0 Å². The van der Waals surface area contributed by atoms with Gasteiger partial charge in [-0.15, -0.1) is 0 Å². The molecule has 3 nitrogen and oxygen atoms in total. The average molecular weight is 261 g/mol. The first kappa shape index (κ1) is 14.4. The summed E-state index contributed by atoms with van der Waals surface area (Å²) in [6, 6.07) is 8.65. The lowest BCUT2D eigenvalue weighted by Crippen LogP contribution is -2.32. The van der Waals surface area contributed by atoms with Crippen LogP contribution in [-0.2, 0) is 6.42 Å². The molecule has 2 rings (SSSR count). The van der Waals surface area contributed by atoms with Crippen molar-refractivity contribution in [2.75, 3.05) is 18.8 Å². The van der Waals surface area contributed by atoms with Crippen molar-refractivity contribution < 1.29 is 0 Å². The Hall–Kier alpha value is -1.06. The van der Waals surface area contributed by atoms with Crippen LogP contribution < -0.4 is 16.8 Å². The highest BCUT2D eigenvalue weighted by atomic mass is 14.9. The molecule has 0 spiro atoms. The molecule has 1 aromatic carbocycles. The largest absolute Gasteiger partial charge is 0.399 e. The molecule has 0 unspecified atom stereocenters. The average Bonchev–Trinajstić information content (AvgIpc) is 2.41. The van der Waals surface area contributed by atoms with Crippen LogP contribution in [0.3, 0.4) is 0 Å². The molecule has 106 valence electrons. The number of hydrogen-bond donors (Lipinski definition) is 3. The summed E-state index contributed by atoms with van der Waals surface area (Å²) in [7, 11) is 0. The SMILES string of the molecule is Nc1cccc(CCCNCC2CCC(N)CC2)c1. The fourth-order valence-corrected chi connectivity index (χ4v) is 2.86. The highest BCUT2D eigenvalue weighted by Crippen LogP contribution is 2.22. The number of aryl methyl sites for hydroxylation is 1. The lowest BCUT2D eigenvalue weighted by molar-refractivity contribution is 0.314. The predicted molar refractivity (Wildman–Crippen MR) is 82.0 cm³/mol. The third-order valence-corrected chi connectivity index (χ3v) is 4.09. The molecular formula is C16H27N3. The van der Waals surface area contributed by atoms with Crippen molar-refractivity contribution in [2.45, 2.75) is 44.6 Å². The van der Waals surface area contributed by atoms with Crippen LogP contribution in [0.1, 0.15) is 37.7 Å². The molecule has 0 bridgehead atoms. The van der Waals surface area contributed by atoms with E-state index in [1.54, 1.807) is 0 Å². The van der Waals surface area contributed by atoms with Crippen molar-refractivity contribution in [3.05, 3.63) is 29.8 Å². The number of anilines is 1. The van der Waals surface area contributed by atoms with Crippen LogP contribution in [0.15, 0.2) is 24.3 Å². The van der Waals surface area contributed by atoms with Crippen LogP contribution in [0.4, 0.5) is 5.69 Å². The van der Waals surface area contributed by atoms with E-state index in [1.165, 1.54) is 37.7 Å². The van der Waals surface area contributed by atoms with E-state index in [2.05, 4.69) is 17.4 Å². The van der Waals surface area contributed by atoms with Crippen LogP contribution in [-0.4, -0.2) is 19.1 Å². The van der Waals surface area contributed by atoms with E-state index in [-0.39, 0.29) is 0 Å². The number of hydrogen-bond acceptors (Lipinski definition) is 3. The van der Waals surface area contributed by atoms with Gasteiger partial charge in [0.25, 0.3) is 0 Å². The molecule has 1 aliphatic rings. The lowest BCUT2D eigenvalue weighted by atomic mass is 9.86. The summed E-state index contributed by atoms with van der Waals surface area (Å²) in [5.74, 6) is 0.840. The van der Waals surface area contributed by atoms with Gasteiger partial charge in [-0.2, -0.15) is 0 Å². The first-order valence-corrected chi connectivity index (χ1v) is 7.55. The molecule has 0 radical (unpaired) electrons. The van der Waals surface area contributed by atoms with Gasteiger partial charge in [0.15, 0.2) is 0 Å². The summed E-state index contributed by atoms with van der Waals surface area (Å²) in [5, 5.41) is 3.58. The molecular weight excluding hydrogens is 234 g/mol. The monoisotopic (exact) mass is 261 g/mol. The van der Waals surface area contributed by atoms with Crippen molar-refractivity contribution in [2.24, 2.45) is 11.7 Å². The van der Waals surface area contributed by atoms with Crippen LogP contribution in [0.25, 0.3) is 0 Å². The first-order valence-electron chi connectivity index (χ1n) is 7.55. The molecule has 0 saturated heterocycles. The summed E-state index contributed by atoms with van der Waals surface area (Å²) in [4.78, 5) is 0. The Kier molecular flexibility index (Phi) is 5.67. The molecule has 3 heteroatoms. The minimum atomic E-state index is 0.458. The second kappa shape index (κ2) is 7.51. The normalized spacial score (nSPS) is 23.4. The third-order valence-electron chi connectivity index (χ3n) is 4.09. The van der Waals surface area contributed by atoms with E-state index in [1.807, 2.05) is 12.1 Å². The standard InChI is InChI=1S/C16H27N3/c17-15-8-6-14(7-9-15)12-19-10-2-4-13-3-1-5-16(18)11-13/h1,3,5,11,14-15,19H,2,4,6-10,12,17-18H2. The second-order valence-corrected chi connectivity index (χ2v) is 5.83. The molecule has 1 aliphatic carbocycles. The Balaban J connectivity index is 1.55. The topological polar surface area (TPSA) is 64.1 Å². The quantitative estimate of drug-likeness (QED) is 0.544. The summed E-state index contributed by atoms with van der Waals surface area (Å²) >= 11 is 0. The smallest absolute Gasteiger partial charge is 0.0316 e. The maximum Gasteiger partial charge on any atom is 0.0316 e. The Morgan fingerprint density at radius 2 is 1.95 bits per heavy atom. The molecule has 0 aromatic heterocycles. The Labute approximate surface area is 116 Å². The van der Waals surface area contributed by atoms with Crippen molar-refractivity contribution in [3.8, 4) is 0 Å². The molecule has 0 amide bonds. The van der Waals surface area contributed by atoms with Gasteiger partial charge >= 0.3 is 0 Å². The third kappa shape index (κ3) is 5.21. The number of benzene rings is 1. The van der Waals surface area contributed by atoms with Crippen molar-refractivity contribution in [3.63, 3.8) is 0 Å². The molecule has 0 aliphatic heterocycles. The maximum absolute atomic E-state index is 5.92. The van der Waals surface area contributed by atoms with Crippen molar-refractivity contribution >= 4 is 5.69 Å². The number of nitrogens with two attached hydrogens (primary N) is 2. The van der Waals surface area contributed by atoms with Crippen LogP contribution in [0, 0.1) is 5.92 Å². The number of nitrogens with one attached hydrogen (secondary N) is 1. The minimum absolute atomic E-state index is 0.458.